The molecule has 1 atom stereocenters. The first-order valence-electron chi connectivity index (χ1n) is 7.48. The van der Waals surface area contributed by atoms with Gasteiger partial charge in [-0.1, -0.05) is 58.7 Å². The maximum Gasteiger partial charge on any atom is 0.126 e. The van der Waals surface area contributed by atoms with Crippen molar-refractivity contribution in [2.75, 3.05) is 6.54 Å². The highest BCUT2D eigenvalue weighted by Crippen LogP contribution is 2.25. The van der Waals surface area contributed by atoms with Gasteiger partial charge in [0, 0.05) is 12.6 Å². The van der Waals surface area contributed by atoms with Crippen molar-refractivity contribution in [1.82, 2.24) is 5.32 Å². The molecule has 0 amide bonds. The SMILES string of the molecule is CC(C)CCCC(CNC(C)C)c1ccccc1F. The molecule has 0 bridgehead atoms. The van der Waals surface area contributed by atoms with Gasteiger partial charge < -0.3 is 5.32 Å². The summed E-state index contributed by atoms with van der Waals surface area (Å²) >= 11 is 0. The first kappa shape index (κ1) is 16.2. The second kappa shape index (κ2) is 8.31. The molecule has 1 rings (SSSR count). The van der Waals surface area contributed by atoms with E-state index in [-0.39, 0.29) is 11.7 Å². The summed E-state index contributed by atoms with van der Waals surface area (Å²) in [7, 11) is 0. The topological polar surface area (TPSA) is 12.0 Å². The van der Waals surface area contributed by atoms with Crippen LogP contribution in [0.5, 0.6) is 0 Å². The Balaban J connectivity index is 2.66. The van der Waals surface area contributed by atoms with Gasteiger partial charge >= 0.3 is 0 Å². The van der Waals surface area contributed by atoms with Crippen LogP contribution in [0.25, 0.3) is 0 Å². The lowest BCUT2D eigenvalue weighted by molar-refractivity contribution is 0.452. The molecule has 0 saturated heterocycles. The lowest BCUT2D eigenvalue weighted by atomic mass is 9.91. The van der Waals surface area contributed by atoms with Gasteiger partial charge in [0.05, 0.1) is 0 Å². The number of benzene rings is 1. The Kier molecular flexibility index (Phi) is 7.07. The van der Waals surface area contributed by atoms with Gasteiger partial charge in [0.25, 0.3) is 0 Å². The van der Waals surface area contributed by atoms with Crippen molar-refractivity contribution in [3.63, 3.8) is 0 Å². The summed E-state index contributed by atoms with van der Waals surface area (Å²) in [5.74, 6) is 0.935. The third kappa shape index (κ3) is 6.20. The Morgan fingerprint density at radius 1 is 1.05 bits per heavy atom. The Bertz CT molecular complexity index is 360. The molecule has 0 aliphatic carbocycles. The summed E-state index contributed by atoms with van der Waals surface area (Å²) in [6, 6.07) is 7.64. The molecule has 0 spiro atoms. The van der Waals surface area contributed by atoms with Gasteiger partial charge in [-0.2, -0.15) is 0 Å². The van der Waals surface area contributed by atoms with Crippen LogP contribution in [-0.2, 0) is 0 Å². The van der Waals surface area contributed by atoms with E-state index in [1.54, 1.807) is 12.1 Å². The van der Waals surface area contributed by atoms with Crippen LogP contribution in [0.15, 0.2) is 24.3 Å². The summed E-state index contributed by atoms with van der Waals surface area (Å²) in [4.78, 5) is 0. The standard InChI is InChI=1S/C17H28FN/c1-13(2)8-7-9-15(12-19-14(3)4)16-10-5-6-11-17(16)18/h5-6,10-11,13-15,19H,7-9,12H2,1-4H3. The van der Waals surface area contributed by atoms with Gasteiger partial charge in [0.1, 0.15) is 5.82 Å². The fourth-order valence-corrected chi connectivity index (χ4v) is 2.32. The normalized spacial score (nSPS) is 13.2. The molecule has 1 N–H and O–H groups in total. The molecule has 0 aromatic heterocycles. The Morgan fingerprint density at radius 2 is 1.74 bits per heavy atom. The van der Waals surface area contributed by atoms with Crippen LogP contribution in [0.4, 0.5) is 4.39 Å². The van der Waals surface area contributed by atoms with Crippen molar-refractivity contribution in [1.29, 1.82) is 0 Å². The second-order valence-corrected chi connectivity index (χ2v) is 6.11. The second-order valence-electron chi connectivity index (χ2n) is 6.11. The zero-order valence-corrected chi connectivity index (χ0v) is 12.7. The molecule has 0 heterocycles. The van der Waals surface area contributed by atoms with Crippen molar-refractivity contribution >= 4 is 0 Å². The summed E-state index contributed by atoms with van der Waals surface area (Å²) in [6.07, 6.45) is 3.43. The lowest BCUT2D eigenvalue weighted by Crippen LogP contribution is -2.28. The van der Waals surface area contributed by atoms with Crippen LogP contribution in [0.2, 0.25) is 0 Å². The molecule has 1 nitrogen and oxygen atoms in total. The van der Waals surface area contributed by atoms with Gasteiger partial charge in [0.2, 0.25) is 0 Å². The molecule has 108 valence electrons. The van der Waals surface area contributed by atoms with E-state index >= 15 is 0 Å². The predicted octanol–water partition coefficient (Wildman–Crippen LogP) is 4.73. The van der Waals surface area contributed by atoms with Crippen LogP contribution < -0.4 is 5.32 Å². The van der Waals surface area contributed by atoms with Gasteiger partial charge in [-0.3, -0.25) is 0 Å². The summed E-state index contributed by atoms with van der Waals surface area (Å²) < 4.78 is 13.9. The third-order valence-electron chi connectivity index (χ3n) is 3.45. The predicted molar refractivity (Wildman–Crippen MR) is 81.0 cm³/mol. The van der Waals surface area contributed by atoms with E-state index in [2.05, 4.69) is 33.0 Å². The van der Waals surface area contributed by atoms with E-state index in [0.29, 0.717) is 6.04 Å². The van der Waals surface area contributed by atoms with E-state index in [1.807, 2.05) is 12.1 Å². The van der Waals surface area contributed by atoms with Gasteiger partial charge in [-0.25, -0.2) is 4.39 Å². The molecule has 19 heavy (non-hydrogen) atoms. The summed E-state index contributed by atoms with van der Waals surface area (Å²) in [5.41, 5.74) is 0.861. The monoisotopic (exact) mass is 265 g/mol. The van der Waals surface area contributed by atoms with Crippen molar-refractivity contribution in [2.45, 2.75) is 58.9 Å². The minimum atomic E-state index is -0.0670. The maximum atomic E-state index is 13.9. The zero-order valence-electron chi connectivity index (χ0n) is 12.7. The number of halogens is 1. The molecule has 0 saturated carbocycles. The number of hydrogen-bond acceptors (Lipinski definition) is 1. The molecular weight excluding hydrogens is 237 g/mol. The molecule has 0 aliphatic heterocycles. The minimum absolute atomic E-state index is 0.0670. The van der Waals surface area contributed by atoms with E-state index < -0.39 is 0 Å². The van der Waals surface area contributed by atoms with Crippen molar-refractivity contribution in [2.24, 2.45) is 5.92 Å². The number of hydrogen-bond donors (Lipinski definition) is 1. The Morgan fingerprint density at radius 3 is 2.32 bits per heavy atom. The quantitative estimate of drug-likeness (QED) is 0.716. The molecule has 0 fully saturated rings. The number of nitrogens with one attached hydrogen (secondary N) is 1. The molecule has 2 heteroatoms. The minimum Gasteiger partial charge on any atom is -0.314 e. The van der Waals surface area contributed by atoms with Crippen LogP contribution in [0.1, 0.15) is 58.4 Å². The van der Waals surface area contributed by atoms with Gasteiger partial charge in [-0.15, -0.1) is 0 Å². The average Bonchev–Trinajstić information content (AvgIpc) is 2.34. The zero-order chi connectivity index (χ0) is 14.3. The summed E-state index contributed by atoms with van der Waals surface area (Å²) in [5, 5.41) is 3.44. The van der Waals surface area contributed by atoms with E-state index in [9.17, 15) is 4.39 Å². The van der Waals surface area contributed by atoms with Crippen molar-refractivity contribution in [3.8, 4) is 0 Å². The fraction of sp³-hybridized carbons (Fsp3) is 0.647. The Hall–Kier alpha value is -0.890. The smallest absolute Gasteiger partial charge is 0.126 e. The molecule has 1 aromatic rings. The fourth-order valence-electron chi connectivity index (χ4n) is 2.32. The van der Waals surface area contributed by atoms with E-state index in [4.69, 9.17) is 0 Å². The van der Waals surface area contributed by atoms with Crippen LogP contribution >= 0.6 is 0 Å². The van der Waals surface area contributed by atoms with Crippen molar-refractivity contribution < 1.29 is 4.39 Å². The molecule has 0 aliphatic rings. The van der Waals surface area contributed by atoms with Gasteiger partial charge in [-0.05, 0) is 29.9 Å². The molecular formula is C17H28FN. The third-order valence-corrected chi connectivity index (χ3v) is 3.45. The Labute approximate surface area is 117 Å². The van der Waals surface area contributed by atoms with Crippen molar-refractivity contribution in [3.05, 3.63) is 35.6 Å². The first-order chi connectivity index (χ1) is 9.00. The number of rotatable bonds is 8. The van der Waals surface area contributed by atoms with Gasteiger partial charge in [0.15, 0.2) is 0 Å². The lowest BCUT2D eigenvalue weighted by Gasteiger charge is -2.20. The van der Waals surface area contributed by atoms with Crippen LogP contribution in [0, 0.1) is 11.7 Å². The molecule has 0 radical (unpaired) electrons. The van der Waals surface area contributed by atoms with E-state index in [1.165, 1.54) is 6.42 Å². The summed E-state index contributed by atoms with van der Waals surface area (Å²) in [6.45, 7) is 9.60. The van der Waals surface area contributed by atoms with Crippen LogP contribution in [-0.4, -0.2) is 12.6 Å². The highest BCUT2D eigenvalue weighted by molar-refractivity contribution is 5.22. The van der Waals surface area contributed by atoms with E-state index in [0.717, 1.165) is 30.9 Å². The largest absolute Gasteiger partial charge is 0.314 e. The van der Waals surface area contributed by atoms with Crippen LogP contribution in [0.3, 0.4) is 0 Å². The highest BCUT2D eigenvalue weighted by Gasteiger charge is 2.15. The average molecular weight is 265 g/mol. The highest BCUT2D eigenvalue weighted by atomic mass is 19.1. The molecule has 1 unspecified atom stereocenters. The first-order valence-corrected chi connectivity index (χ1v) is 7.48. The maximum absolute atomic E-state index is 13.9. The molecule has 1 aromatic carbocycles.